The Balaban J connectivity index is 2.47. The SMILES string of the molecule is CCOC(c1ccccc1)c1nc(NC)cc(C(C)C)n1. The van der Waals surface area contributed by atoms with E-state index in [1.807, 2.05) is 50.4 Å². The lowest BCUT2D eigenvalue weighted by atomic mass is 10.1. The van der Waals surface area contributed by atoms with Crippen LogP contribution in [0.3, 0.4) is 0 Å². The summed E-state index contributed by atoms with van der Waals surface area (Å²) in [6.45, 7) is 6.86. The zero-order valence-corrected chi connectivity index (χ0v) is 13.1. The van der Waals surface area contributed by atoms with Crippen LogP contribution in [0.15, 0.2) is 36.4 Å². The second-order valence-electron chi connectivity index (χ2n) is 5.19. The van der Waals surface area contributed by atoms with E-state index < -0.39 is 0 Å². The molecule has 0 saturated carbocycles. The van der Waals surface area contributed by atoms with Crippen LogP contribution in [0.25, 0.3) is 0 Å². The molecule has 4 nitrogen and oxygen atoms in total. The van der Waals surface area contributed by atoms with E-state index in [2.05, 4.69) is 24.1 Å². The Kier molecular flexibility index (Phi) is 5.28. The zero-order valence-electron chi connectivity index (χ0n) is 13.1. The molecule has 0 aliphatic rings. The van der Waals surface area contributed by atoms with E-state index in [4.69, 9.17) is 9.72 Å². The van der Waals surface area contributed by atoms with Crippen LogP contribution in [0.4, 0.5) is 5.82 Å². The molecule has 1 aromatic heterocycles. The number of hydrogen-bond donors (Lipinski definition) is 1. The highest BCUT2D eigenvalue weighted by Crippen LogP contribution is 2.26. The summed E-state index contributed by atoms with van der Waals surface area (Å²) in [6.07, 6.45) is -0.234. The van der Waals surface area contributed by atoms with Crippen molar-refractivity contribution in [1.82, 2.24) is 9.97 Å². The van der Waals surface area contributed by atoms with Gasteiger partial charge in [0.2, 0.25) is 0 Å². The Labute approximate surface area is 126 Å². The van der Waals surface area contributed by atoms with Crippen molar-refractivity contribution in [3.05, 3.63) is 53.5 Å². The summed E-state index contributed by atoms with van der Waals surface area (Å²) in [4.78, 5) is 9.28. The average Bonchev–Trinajstić information content (AvgIpc) is 2.52. The predicted molar refractivity (Wildman–Crippen MR) is 85.6 cm³/mol. The van der Waals surface area contributed by atoms with E-state index in [1.54, 1.807) is 0 Å². The molecule has 1 atom stereocenters. The Morgan fingerprint density at radius 1 is 1.14 bits per heavy atom. The van der Waals surface area contributed by atoms with Crippen LogP contribution < -0.4 is 5.32 Å². The third-order valence-corrected chi connectivity index (χ3v) is 3.28. The molecule has 1 aromatic carbocycles. The van der Waals surface area contributed by atoms with Gasteiger partial charge in [-0.1, -0.05) is 44.2 Å². The van der Waals surface area contributed by atoms with Gasteiger partial charge in [-0.25, -0.2) is 9.97 Å². The molecule has 1 unspecified atom stereocenters. The van der Waals surface area contributed by atoms with Crippen molar-refractivity contribution in [3.63, 3.8) is 0 Å². The minimum absolute atomic E-state index is 0.234. The largest absolute Gasteiger partial charge is 0.373 e. The summed E-state index contributed by atoms with van der Waals surface area (Å²) in [5, 5.41) is 3.10. The molecular formula is C17H23N3O. The molecule has 1 heterocycles. The van der Waals surface area contributed by atoms with Crippen LogP contribution in [0.1, 0.15) is 49.9 Å². The van der Waals surface area contributed by atoms with Gasteiger partial charge in [0.05, 0.1) is 0 Å². The molecule has 0 radical (unpaired) electrons. The quantitative estimate of drug-likeness (QED) is 0.877. The molecule has 0 fully saturated rings. The summed E-state index contributed by atoms with van der Waals surface area (Å²) in [7, 11) is 1.87. The van der Waals surface area contributed by atoms with Gasteiger partial charge in [0.15, 0.2) is 5.82 Å². The Hall–Kier alpha value is -1.94. The van der Waals surface area contributed by atoms with Crippen molar-refractivity contribution in [3.8, 4) is 0 Å². The number of benzene rings is 1. The first-order valence-corrected chi connectivity index (χ1v) is 7.38. The number of hydrogen-bond acceptors (Lipinski definition) is 4. The zero-order chi connectivity index (χ0) is 15.2. The monoisotopic (exact) mass is 285 g/mol. The fraction of sp³-hybridized carbons (Fsp3) is 0.412. The topological polar surface area (TPSA) is 47.0 Å². The lowest BCUT2D eigenvalue weighted by Gasteiger charge is -2.18. The number of nitrogens with zero attached hydrogens (tertiary/aromatic N) is 2. The minimum Gasteiger partial charge on any atom is -0.373 e. The van der Waals surface area contributed by atoms with Gasteiger partial charge in [-0.05, 0) is 18.4 Å². The van der Waals surface area contributed by atoms with Crippen LogP contribution in [-0.4, -0.2) is 23.6 Å². The summed E-state index contributed by atoms with van der Waals surface area (Å²) in [6, 6.07) is 12.1. The first kappa shape index (κ1) is 15.4. The molecule has 112 valence electrons. The maximum atomic E-state index is 5.90. The molecule has 0 bridgehead atoms. The van der Waals surface area contributed by atoms with E-state index in [-0.39, 0.29) is 6.10 Å². The van der Waals surface area contributed by atoms with E-state index in [9.17, 15) is 0 Å². The lowest BCUT2D eigenvalue weighted by Crippen LogP contribution is -2.13. The van der Waals surface area contributed by atoms with Crippen LogP contribution in [0.2, 0.25) is 0 Å². The van der Waals surface area contributed by atoms with Crippen LogP contribution >= 0.6 is 0 Å². The van der Waals surface area contributed by atoms with E-state index in [1.165, 1.54) is 0 Å². The second-order valence-corrected chi connectivity index (χ2v) is 5.19. The minimum atomic E-state index is -0.234. The van der Waals surface area contributed by atoms with Crippen molar-refractivity contribution >= 4 is 5.82 Å². The van der Waals surface area contributed by atoms with Gasteiger partial charge in [0, 0.05) is 25.4 Å². The van der Waals surface area contributed by atoms with E-state index in [0.29, 0.717) is 18.3 Å². The third-order valence-electron chi connectivity index (χ3n) is 3.28. The molecular weight excluding hydrogens is 262 g/mol. The molecule has 0 aliphatic heterocycles. The number of rotatable bonds is 6. The number of nitrogens with one attached hydrogen (secondary N) is 1. The van der Waals surface area contributed by atoms with Gasteiger partial charge in [-0.3, -0.25) is 0 Å². The molecule has 2 aromatic rings. The predicted octanol–water partition coefficient (Wildman–Crippen LogP) is 3.77. The molecule has 0 saturated heterocycles. The van der Waals surface area contributed by atoms with Gasteiger partial charge in [0.25, 0.3) is 0 Å². The molecule has 2 rings (SSSR count). The average molecular weight is 285 g/mol. The van der Waals surface area contributed by atoms with Crippen molar-refractivity contribution in [2.75, 3.05) is 19.0 Å². The maximum absolute atomic E-state index is 5.90. The van der Waals surface area contributed by atoms with Gasteiger partial charge in [0.1, 0.15) is 11.9 Å². The maximum Gasteiger partial charge on any atom is 0.164 e. The van der Waals surface area contributed by atoms with Crippen molar-refractivity contribution < 1.29 is 4.74 Å². The van der Waals surface area contributed by atoms with Crippen molar-refractivity contribution in [2.24, 2.45) is 0 Å². The Morgan fingerprint density at radius 2 is 1.86 bits per heavy atom. The summed E-state index contributed by atoms with van der Waals surface area (Å²) >= 11 is 0. The summed E-state index contributed by atoms with van der Waals surface area (Å²) in [5.41, 5.74) is 2.09. The van der Waals surface area contributed by atoms with E-state index >= 15 is 0 Å². The Morgan fingerprint density at radius 3 is 2.43 bits per heavy atom. The van der Waals surface area contributed by atoms with Crippen molar-refractivity contribution in [1.29, 1.82) is 0 Å². The molecule has 21 heavy (non-hydrogen) atoms. The van der Waals surface area contributed by atoms with Crippen LogP contribution in [0, 0.1) is 0 Å². The molecule has 4 heteroatoms. The van der Waals surface area contributed by atoms with Gasteiger partial charge < -0.3 is 10.1 Å². The molecule has 0 spiro atoms. The van der Waals surface area contributed by atoms with E-state index in [0.717, 1.165) is 17.1 Å². The molecule has 1 N–H and O–H groups in total. The number of anilines is 1. The number of ether oxygens (including phenoxy) is 1. The lowest BCUT2D eigenvalue weighted by molar-refractivity contribution is 0.0850. The molecule has 0 amide bonds. The fourth-order valence-electron chi connectivity index (χ4n) is 2.14. The smallest absolute Gasteiger partial charge is 0.164 e. The van der Waals surface area contributed by atoms with Crippen LogP contribution in [0.5, 0.6) is 0 Å². The highest BCUT2D eigenvalue weighted by Gasteiger charge is 2.19. The highest BCUT2D eigenvalue weighted by molar-refractivity contribution is 5.37. The standard InChI is InChI=1S/C17H23N3O/c1-5-21-16(13-9-7-6-8-10-13)17-19-14(12(2)3)11-15(18-4)20-17/h6-12,16H,5H2,1-4H3,(H,18,19,20). The highest BCUT2D eigenvalue weighted by atomic mass is 16.5. The second kappa shape index (κ2) is 7.18. The summed E-state index contributed by atoms with van der Waals surface area (Å²) in [5.74, 6) is 1.87. The van der Waals surface area contributed by atoms with Crippen molar-refractivity contribution in [2.45, 2.75) is 32.8 Å². The van der Waals surface area contributed by atoms with Gasteiger partial charge >= 0.3 is 0 Å². The normalized spacial score (nSPS) is 12.4. The Bertz CT molecular complexity index is 570. The summed E-state index contributed by atoms with van der Waals surface area (Å²) < 4.78 is 5.90. The van der Waals surface area contributed by atoms with Gasteiger partial charge in [-0.15, -0.1) is 0 Å². The third kappa shape index (κ3) is 3.79. The molecule has 0 aliphatic carbocycles. The van der Waals surface area contributed by atoms with Gasteiger partial charge in [-0.2, -0.15) is 0 Å². The first-order chi connectivity index (χ1) is 10.2. The van der Waals surface area contributed by atoms with Crippen LogP contribution in [-0.2, 0) is 4.74 Å². The first-order valence-electron chi connectivity index (χ1n) is 7.38. The number of aromatic nitrogens is 2. The fourth-order valence-corrected chi connectivity index (χ4v) is 2.14.